The van der Waals surface area contributed by atoms with Crippen molar-refractivity contribution in [1.82, 2.24) is 0 Å². The number of aryl methyl sites for hydroxylation is 1. The lowest BCUT2D eigenvalue weighted by atomic mass is 10.1. The Kier molecular flexibility index (Phi) is 7.56. The molecule has 10 heteroatoms. The van der Waals surface area contributed by atoms with Gasteiger partial charge in [0, 0.05) is 4.88 Å². The van der Waals surface area contributed by atoms with E-state index in [0.717, 1.165) is 29.7 Å². The van der Waals surface area contributed by atoms with Crippen molar-refractivity contribution in [2.45, 2.75) is 39.2 Å². The van der Waals surface area contributed by atoms with Crippen LogP contribution in [0, 0.1) is 0 Å². The van der Waals surface area contributed by atoms with E-state index in [-0.39, 0.29) is 18.8 Å². The molecule has 0 bridgehead atoms. The van der Waals surface area contributed by atoms with Crippen LogP contribution in [0.4, 0.5) is 13.8 Å². The standard InChI is InChI=1S/C21H21F2NO6S/c1-2-28-20(27)18-14-4-3-5-15(14)31-19(18)24-16(25)11-29-17(26)10-12-6-8-13(9-7-12)30-21(22)23/h6-9,21H,2-5,10-11H2,1H3,(H,24,25). The van der Waals surface area contributed by atoms with E-state index in [0.29, 0.717) is 16.1 Å². The Morgan fingerprint density at radius 1 is 1.13 bits per heavy atom. The van der Waals surface area contributed by atoms with E-state index in [1.54, 1.807) is 6.92 Å². The molecular formula is C21H21F2NO6S. The maximum atomic E-state index is 12.3. The fourth-order valence-electron chi connectivity index (χ4n) is 3.23. The number of nitrogens with one attached hydrogen (secondary N) is 1. The van der Waals surface area contributed by atoms with Crippen LogP contribution < -0.4 is 10.1 Å². The number of benzene rings is 1. The van der Waals surface area contributed by atoms with Crippen LogP contribution in [-0.4, -0.2) is 37.7 Å². The average molecular weight is 453 g/mol. The van der Waals surface area contributed by atoms with Crippen LogP contribution in [0.15, 0.2) is 24.3 Å². The zero-order valence-corrected chi connectivity index (χ0v) is 17.6. The molecule has 1 N–H and O–H groups in total. The second-order valence-electron chi connectivity index (χ2n) is 6.69. The predicted molar refractivity (Wildman–Crippen MR) is 109 cm³/mol. The van der Waals surface area contributed by atoms with Gasteiger partial charge in [-0.3, -0.25) is 9.59 Å². The Morgan fingerprint density at radius 3 is 2.55 bits per heavy atom. The van der Waals surface area contributed by atoms with Crippen molar-refractivity contribution in [3.63, 3.8) is 0 Å². The summed E-state index contributed by atoms with van der Waals surface area (Å²) in [6.07, 6.45) is 2.42. The molecule has 2 aromatic rings. The molecular weight excluding hydrogens is 432 g/mol. The fraction of sp³-hybridized carbons (Fsp3) is 0.381. The smallest absolute Gasteiger partial charge is 0.387 e. The van der Waals surface area contributed by atoms with Crippen LogP contribution in [0.3, 0.4) is 0 Å². The monoisotopic (exact) mass is 453 g/mol. The van der Waals surface area contributed by atoms with Crippen molar-refractivity contribution in [2.24, 2.45) is 0 Å². The topological polar surface area (TPSA) is 90.9 Å². The lowest BCUT2D eigenvalue weighted by Crippen LogP contribution is -2.22. The largest absolute Gasteiger partial charge is 0.462 e. The summed E-state index contributed by atoms with van der Waals surface area (Å²) in [5.74, 6) is -1.73. The molecule has 1 aliphatic carbocycles. The highest BCUT2D eigenvalue weighted by atomic mass is 32.1. The van der Waals surface area contributed by atoms with Gasteiger partial charge in [0.2, 0.25) is 0 Å². The molecule has 3 rings (SSSR count). The van der Waals surface area contributed by atoms with E-state index < -0.39 is 31.1 Å². The number of amides is 1. The maximum Gasteiger partial charge on any atom is 0.387 e. The van der Waals surface area contributed by atoms with Crippen LogP contribution in [-0.2, 0) is 38.3 Å². The SMILES string of the molecule is CCOC(=O)c1c(NC(=O)COC(=O)Cc2ccc(OC(F)F)cc2)sc2c1CCC2. The van der Waals surface area contributed by atoms with E-state index in [4.69, 9.17) is 9.47 Å². The molecule has 166 valence electrons. The van der Waals surface area contributed by atoms with Gasteiger partial charge in [-0.2, -0.15) is 8.78 Å². The first kappa shape index (κ1) is 22.7. The quantitative estimate of drug-likeness (QED) is 0.582. The van der Waals surface area contributed by atoms with Crippen LogP contribution in [0.2, 0.25) is 0 Å². The number of fused-ring (bicyclic) bond motifs is 1. The molecule has 0 aliphatic heterocycles. The van der Waals surface area contributed by atoms with E-state index in [1.807, 2.05) is 0 Å². The minimum Gasteiger partial charge on any atom is -0.462 e. The van der Waals surface area contributed by atoms with Crippen molar-refractivity contribution in [2.75, 3.05) is 18.5 Å². The van der Waals surface area contributed by atoms with E-state index >= 15 is 0 Å². The van der Waals surface area contributed by atoms with Crippen LogP contribution in [0.5, 0.6) is 5.75 Å². The first-order valence-corrected chi connectivity index (χ1v) is 10.5. The maximum absolute atomic E-state index is 12.3. The van der Waals surface area contributed by atoms with Crippen LogP contribution in [0.25, 0.3) is 0 Å². The number of thiophene rings is 1. The average Bonchev–Trinajstić information content (AvgIpc) is 3.28. The second-order valence-corrected chi connectivity index (χ2v) is 7.80. The van der Waals surface area contributed by atoms with Crippen molar-refractivity contribution < 1.29 is 37.4 Å². The van der Waals surface area contributed by atoms with Gasteiger partial charge >= 0.3 is 18.6 Å². The van der Waals surface area contributed by atoms with Gasteiger partial charge in [-0.25, -0.2) is 4.79 Å². The molecule has 0 atom stereocenters. The van der Waals surface area contributed by atoms with Crippen molar-refractivity contribution in [3.8, 4) is 5.75 Å². The number of carbonyl (C=O) groups is 3. The Morgan fingerprint density at radius 2 is 1.87 bits per heavy atom. The number of alkyl halides is 2. The first-order chi connectivity index (χ1) is 14.9. The lowest BCUT2D eigenvalue weighted by Gasteiger charge is -2.09. The van der Waals surface area contributed by atoms with Gasteiger partial charge in [-0.1, -0.05) is 12.1 Å². The number of halogens is 2. The van der Waals surface area contributed by atoms with Gasteiger partial charge in [0.1, 0.15) is 10.8 Å². The van der Waals surface area contributed by atoms with Crippen molar-refractivity contribution in [1.29, 1.82) is 0 Å². The van der Waals surface area contributed by atoms with E-state index in [9.17, 15) is 23.2 Å². The van der Waals surface area contributed by atoms with E-state index in [1.165, 1.54) is 35.6 Å². The molecule has 7 nitrogen and oxygen atoms in total. The molecule has 1 aliphatic rings. The second kappa shape index (κ2) is 10.3. The number of hydrogen-bond donors (Lipinski definition) is 1. The van der Waals surface area contributed by atoms with Crippen molar-refractivity contribution in [3.05, 3.63) is 45.8 Å². The number of carbonyl (C=O) groups excluding carboxylic acids is 3. The highest BCUT2D eigenvalue weighted by Gasteiger charge is 2.28. The number of esters is 2. The van der Waals surface area contributed by atoms with Crippen molar-refractivity contribution >= 4 is 34.2 Å². The predicted octanol–water partition coefficient (Wildman–Crippen LogP) is 3.74. The summed E-state index contributed by atoms with van der Waals surface area (Å²) in [6.45, 7) is -1.51. The molecule has 1 amide bonds. The highest BCUT2D eigenvalue weighted by molar-refractivity contribution is 7.17. The molecule has 0 unspecified atom stereocenters. The number of anilines is 1. The Hall–Kier alpha value is -3.01. The number of rotatable bonds is 9. The third-order valence-corrected chi connectivity index (χ3v) is 5.72. The minimum absolute atomic E-state index is 0.0215. The molecule has 0 saturated heterocycles. The molecule has 0 spiro atoms. The summed E-state index contributed by atoms with van der Waals surface area (Å²) in [5, 5.41) is 3.04. The molecule has 0 saturated carbocycles. The zero-order valence-electron chi connectivity index (χ0n) is 16.7. The number of ether oxygens (including phenoxy) is 3. The molecule has 1 aromatic carbocycles. The fourth-order valence-corrected chi connectivity index (χ4v) is 4.52. The van der Waals surface area contributed by atoms with Gasteiger partial charge < -0.3 is 19.5 Å². The van der Waals surface area contributed by atoms with Crippen LogP contribution >= 0.6 is 11.3 Å². The highest BCUT2D eigenvalue weighted by Crippen LogP contribution is 2.39. The third kappa shape index (κ3) is 6.00. The summed E-state index contributed by atoms with van der Waals surface area (Å²) in [6, 6.07) is 5.54. The third-order valence-electron chi connectivity index (χ3n) is 4.52. The van der Waals surface area contributed by atoms with E-state index in [2.05, 4.69) is 10.1 Å². The molecule has 0 radical (unpaired) electrons. The Labute approximate surface area is 181 Å². The van der Waals surface area contributed by atoms with Gasteiger partial charge in [-0.05, 0) is 49.4 Å². The number of hydrogen-bond acceptors (Lipinski definition) is 7. The normalized spacial score (nSPS) is 12.4. The summed E-state index contributed by atoms with van der Waals surface area (Å²) in [5.41, 5.74) is 1.81. The summed E-state index contributed by atoms with van der Waals surface area (Å²) >= 11 is 1.33. The van der Waals surface area contributed by atoms with Gasteiger partial charge in [0.25, 0.3) is 5.91 Å². The molecule has 0 fully saturated rings. The lowest BCUT2D eigenvalue weighted by molar-refractivity contribution is -0.146. The molecule has 1 heterocycles. The summed E-state index contributed by atoms with van der Waals surface area (Å²) in [7, 11) is 0. The summed E-state index contributed by atoms with van der Waals surface area (Å²) < 4.78 is 38.7. The zero-order chi connectivity index (χ0) is 22.4. The Balaban J connectivity index is 1.53. The van der Waals surface area contributed by atoms with Gasteiger partial charge in [0.15, 0.2) is 6.61 Å². The summed E-state index contributed by atoms with van der Waals surface area (Å²) in [4.78, 5) is 37.6. The van der Waals surface area contributed by atoms with Gasteiger partial charge in [0.05, 0.1) is 18.6 Å². The molecule has 1 aromatic heterocycles. The Bertz CT molecular complexity index is 958. The van der Waals surface area contributed by atoms with Gasteiger partial charge in [-0.15, -0.1) is 11.3 Å². The van der Waals surface area contributed by atoms with Crippen LogP contribution in [0.1, 0.15) is 39.7 Å². The first-order valence-electron chi connectivity index (χ1n) is 9.68. The minimum atomic E-state index is -2.93. The molecule has 31 heavy (non-hydrogen) atoms.